The van der Waals surface area contributed by atoms with Crippen molar-refractivity contribution in [2.45, 2.75) is 12.8 Å². The van der Waals surface area contributed by atoms with Gasteiger partial charge in [0.15, 0.2) is 6.61 Å². The predicted molar refractivity (Wildman–Crippen MR) is 111 cm³/mol. The monoisotopic (exact) mass is 401 g/mol. The van der Waals surface area contributed by atoms with E-state index < -0.39 is 0 Å². The number of nitrogens with one attached hydrogen (secondary N) is 1. The number of hydrogen-bond acceptors (Lipinski definition) is 4. The van der Waals surface area contributed by atoms with Gasteiger partial charge in [-0.3, -0.25) is 9.59 Å². The molecule has 1 N–H and O–H groups in total. The Morgan fingerprint density at radius 2 is 1.79 bits per heavy atom. The van der Waals surface area contributed by atoms with Gasteiger partial charge >= 0.3 is 0 Å². The van der Waals surface area contributed by atoms with E-state index in [1.807, 2.05) is 30.0 Å². The van der Waals surface area contributed by atoms with Gasteiger partial charge in [0.05, 0.1) is 5.56 Å². The highest BCUT2D eigenvalue weighted by Crippen LogP contribution is 2.26. The molecular weight excluding hydrogens is 378 g/mol. The molecule has 0 aromatic heterocycles. The van der Waals surface area contributed by atoms with Gasteiger partial charge in [-0.1, -0.05) is 11.6 Å². The number of amides is 2. The largest absolute Gasteiger partial charge is 0.484 e. The van der Waals surface area contributed by atoms with E-state index in [1.165, 1.54) is 0 Å². The minimum absolute atomic E-state index is 0.00490. The van der Waals surface area contributed by atoms with Crippen molar-refractivity contribution >= 4 is 34.8 Å². The molecule has 0 atom stereocenters. The number of halogens is 1. The van der Waals surface area contributed by atoms with Crippen molar-refractivity contribution in [2.24, 2.45) is 0 Å². The Morgan fingerprint density at radius 3 is 2.43 bits per heavy atom. The van der Waals surface area contributed by atoms with Crippen LogP contribution >= 0.6 is 11.6 Å². The number of benzene rings is 2. The zero-order valence-corrected chi connectivity index (χ0v) is 16.8. The number of carbonyl (C=O) groups excluding carboxylic acids is 2. The number of likely N-dealkylation sites (tertiary alicyclic amines) is 1. The highest BCUT2D eigenvalue weighted by molar-refractivity contribution is 6.30. The van der Waals surface area contributed by atoms with Crippen LogP contribution in [0, 0.1) is 0 Å². The Kier molecular flexibility index (Phi) is 6.41. The Bertz CT molecular complexity index is 846. The summed E-state index contributed by atoms with van der Waals surface area (Å²) in [5.74, 6) is 0.259. The lowest BCUT2D eigenvalue weighted by Crippen LogP contribution is -2.29. The normalized spacial score (nSPS) is 13.3. The van der Waals surface area contributed by atoms with Crippen LogP contribution in [0.15, 0.2) is 42.5 Å². The second-order valence-corrected chi connectivity index (χ2v) is 7.35. The Balaban J connectivity index is 1.69. The van der Waals surface area contributed by atoms with Gasteiger partial charge in [0, 0.05) is 43.6 Å². The predicted octanol–water partition coefficient (Wildman–Crippen LogP) is 3.66. The number of carbonyl (C=O) groups is 2. The Morgan fingerprint density at radius 1 is 1.11 bits per heavy atom. The van der Waals surface area contributed by atoms with Crippen LogP contribution in [0.2, 0.25) is 5.02 Å². The van der Waals surface area contributed by atoms with Crippen LogP contribution in [0.1, 0.15) is 23.2 Å². The second-order valence-electron chi connectivity index (χ2n) is 6.92. The number of nitrogens with zero attached hydrogens (tertiary/aromatic N) is 2. The smallest absolute Gasteiger partial charge is 0.262 e. The van der Waals surface area contributed by atoms with Crippen LogP contribution in [-0.4, -0.2) is 50.5 Å². The van der Waals surface area contributed by atoms with Crippen molar-refractivity contribution < 1.29 is 14.3 Å². The van der Waals surface area contributed by atoms with Crippen LogP contribution in [-0.2, 0) is 4.79 Å². The number of anilines is 2. The van der Waals surface area contributed by atoms with E-state index in [1.54, 1.807) is 36.4 Å². The van der Waals surface area contributed by atoms with Gasteiger partial charge in [0.2, 0.25) is 0 Å². The zero-order chi connectivity index (χ0) is 20.1. The topological polar surface area (TPSA) is 61.9 Å². The van der Waals surface area contributed by atoms with E-state index >= 15 is 0 Å². The molecule has 3 rings (SSSR count). The highest BCUT2D eigenvalue weighted by Gasteiger charge is 2.23. The molecule has 0 saturated carbocycles. The van der Waals surface area contributed by atoms with Crippen molar-refractivity contribution in [3.63, 3.8) is 0 Å². The molecule has 2 aromatic carbocycles. The van der Waals surface area contributed by atoms with Gasteiger partial charge in [-0.25, -0.2) is 0 Å². The van der Waals surface area contributed by atoms with Crippen molar-refractivity contribution in [1.82, 2.24) is 4.90 Å². The molecule has 0 spiro atoms. The molecule has 2 amide bonds. The van der Waals surface area contributed by atoms with Gasteiger partial charge in [-0.2, -0.15) is 0 Å². The van der Waals surface area contributed by atoms with Crippen LogP contribution in [0.5, 0.6) is 5.75 Å². The fourth-order valence-electron chi connectivity index (χ4n) is 3.14. The standard InChI is InChI=1S/C21H24ClN3O3/c1-24(2)19-10-7-16(13-18(19)21(27)25-11-3-4-12-25)23-20(26)14-28-17-8-5-15(22)6-9-17/h5-10,13H,3-4,11-12,14H2,1-2H3,(H,23,26). The maximum atomic E-state index is 12.9. The minimum Gasteiger partial charge on any atom is -0.484 e. The van der Waals surface area contributed by atoms with Gasteiger partial charge in [-0.15, -0.1) is 0 Å². The summed E-state index contributed by atoms with van der Waals surface area (Å²) in [7, 11) is 3.79. The average molecular weight is 402 g/mol. The van der Waals surface area contributed by atoms with E-state index in [0.717, 1.165) is 31.6 Å². The van der Waals surface area contributed by atoms with Crippen molar-refractivity contribution in [3.05, 3.63) is 53.1 Å². The molecule has 1 aliphatic heterocycles. The first-order valence-corrected chi connectivity index (χ1v) is 9.61. The van der Waals surface area contributed by atoms with Crippen molar-refractivity contribution in [3.8, 4) is 5.75 Å². The lowest BCUT2D eigenvalue weighted by molar-refractivity contribution is -0.118. The van der Waals surface area contributed by atoms with Gasteiger partial charge < -0.3 is 19.9 Å². The second kappa shape index (κ2) is 8.97. The third kappa shape index (κ3) is 4.95. The first-order chi connectivity index (χ1) is 13.4. The third-order valence-corrected chi connectivity index (χ3v) is 4.82. The molecule has 1 saturated heterocycles. The summed E-state index contributed by atoms with van der Waals surface area (Å²) in [5.41, 5.74) is 1.98. The average Bonchev–Trinajstić information content (AvgIpc) is 3.21. The summed E-state index contributed by atoms with van der Waals surface area (Å²) < 4.78 is 5.46. The van der Waals surface area contributed by atoms with E-state index in [4.69, 9.17) is 16.3 Å². The van der Waals surface area contributed by atoms with E-state index in [-0.39, 0.29) is 18.4 Å². The van der Waals surface area contributed by atoms with Crippen LogP contribution < -0.4 is 15.0 Å². The van der Waals surface area contributed by atoms with Crippen LogP contribution in [0.25, 0.3) is 0 Å². The lowest BCUT2D eigenvalue weighted by atomic mass is 10.1. The van der Waals surface area contributed by atoms with Gasteiger partial charge in [-0.05, 0) is 55.3 Å². The quantitative estimate of drug-likeness (QED) is 0.802. The van der Waals surface area contributed by atoms with E-state index in [9.17, 15) is 9.59 Å². The van der Waals surface area contributed by atoms with Crippen LogP contribution in [0.4, 0.5) is 11.4 Å². The molecule has 7 heteroatoms. The Hall–Kier alpha value is -2.73. The number of rotatable bonds is 6. The number of hydrogen-bond donors (Lipinski definition) is 1. The fraction of sp³-hybridized carbons (Fsp3) is 0.333. The SMILES string of the molecule is CN(C)c1ccc(NC(=O)COc2ccc(Cl)cc2)cc1C(=O)N1CCCC1. The van der Waals surface area contributed by atoms with Gasteiger partial charge in [0.1, 0.15) is 5.75 Å². The third-order valence-electron chi connectivity index (χ3n) is 4.57. The van der Waals surface area contributed by atoms with Crippen molar-refractivity contribution in [2.75, 3.05) is 44.0 Å². The summed E-state index contributed by atoms with van der Waals surface area (Å²) in [6.07, 6.45) is 2.06. The minimum atomic E-state index is -0.299. The molecule has 2 aromatic rings. The molecule has 0 aliphatic carbocycles. The summed E-state index contributed by atoms with van der Waals surface area (Å²) >= 11 is 5.83. The Labute approximate surface area is 170 Å². The molecule has 0 unspecified atom stereocenters. The van der Waals surface area contributed by atoms with E-state index in [0.29, 0.717) is 22.0 Å². The maximum absolute atomic E-state index is 12.9. The molecule has 1 fully saturated rings. The maximum Gasteiger partial charge on any atom is 0.262 e. The van der Waals surface area contributed by atoms with Crippen molar-refractivity contribution in [1.29, 1.82) is 0 Å². The molecule has 148 valence electrons. The summed E-state index contributed by atoms with van der Waals surface area (Å²) in [5, 5.41) is 3.40. The van der Waals surface area contributed by atoms with E-state index in [2.05, 4.69) is 5.32 Å². The van der Waals surface area contributed by atoms with Crippen LogP contribution in [0.3, 0.4) is 0 Å². The molecule has 6 nitrogen and oxygen atoms in total. The molecule has 1 heterocycles. The molecular formula is C21H24ClN3O3. The van der Waals surface area contributed by atoms with Gasteiger partial charge in [0.25, 0.3) is 11.8 Å². The highest BCUT2D eigenvalue weighted by atomic mass is 35.5. The fourth-order valence-corrected chi connectivity index (χ4v) is 3.27. The summed E-state index contributed by atoms with van der Waals surface area (Å²) in [6.45, 7) is 1.42. The molecule has 0 radical (unpaired) electrons. The summed E-state index contributed by atoms with van der Waals surface area (Å²) in [6, 6.07) is 12.2. The zero-order valence-electron chi connectivity index (χ0n) is 16.1. The molecule has 0 bridgehead atoms. The lowest BCUT2D eigenvalue weighted by Gasteiger charge is -2.22. The molecule has 28 heavy (non-hydrogen) atoms. The summed E-state index contributed by atoms with van der Waals surface area (Å²) in [4.78, 5) is 28.9. The first kappa shape index (κ1) is 20.0. The number of ether oxygens (including phenoxy) is 1. The first-order valence-electron chi connectivity index (χ1n) is 9.23. The molecule has 1 aliphatic rings.